The topological polar surface area (TPSA) is 105 Å². The van der Waals surface area contributed by atoms with Crippen molar-refractivity contribution < 1.29 is 9.59 Å². The number of thioether (sulfide) groups is 1. The predicted octanol–water partition coefficient (Wildman–Crippen LogP) is 4.33. The van der Waals surface area contributed by atoms with E-state index in [1.807, 2.05) is 24.4 Å². The third-order valence-corrected chi connectivity index (χ3v) is 6.09. The van der Waals surface area contributed by atoms with Crippen LogP contribution in [-0.4, -0.2) is 43.5 Å². The summed E-state index contributed by atoms with van der Waals surface area (Å²) in [6.07, 6.45) is 6.43. The molecule has 1 aromatic carbocycles. The zero-order valence-corrected chi connectivity index (χ0v) is 19.1. The van der Waals surface area contributed by atoms with Crippen molar-refractivity contribution in [2.45, 2.75) is 63.4 Å². The molecule has 0 saturated heterocycles. The van der Waals surface area contributed by atoms with E-state index in [0.29, 0.717) is 11.7 Å². The number of para-hydroxylation sites is 1. The molecule has 3 amide bonds. The number of aromatic amines is 1. The van der Waals surface area contributed by atoms with Crippen LogP contribution in [-0.2, 0) is 11.3 Å². The summed E-state index contributed by atoms with van der Waals surface area (Å²) < 4.78 is 2.09. The van der Waals surface area contributed by atoms with Crippen molar-refractivity contribution >= 4 is 34.6 Å². The van der Waals surface area contributed by atoms with Crippen LogP contribution in [0, 0.1) is 0 Å². The molecule has 0 fully saturated rings. The van der Waals surface area contributed by atoms with Crippen molar-refractivity contribution in [1.82, 2.24) is 30.4 Å². The van der Waals surface area contributed by atoms with Crippen molar-refractivity contribution in [1.29, 1.82) is 0 Å². The summed E-state index contributed by atoms with van der Waals surface area (Å²) in [7, 11) is 0. The highest BCUT2D eigenvalue weighted by atomic mass is 32.2. The van der Waals surface area contributed by atoms with Crippen molar-refractivity contribution in [3.05, 3.63) is 30.5 Å². The summed E-state index contributed by atoms with van der Waals surface area (Å²) in [5.74, 6) is 0.429. The number of benzene rings is 1. The van der Waals surface area contributed by atoms with Gasteiger partial charge < -0.3 is 14.9 Å². The van der Waals surface area contributed by atoms with E-state index in [9.17, 15) is 9.59 Å². The first-order chi connectivity index (χ1) is 15.0. The number of imide groups is 1. The molecule has 1 atom stereocenters. The van der Waals surface area contributed by atoms with Crippen LogP contribution in [0.25, 0.3) is 22.3 Å². The zero-order chi connectivity index (χ0) is 22.2. The molecule has 0 unspecified atom stereocenters. The molecule has 0 aliphatic heterocycles. The first-order valence-corrected chi connectivity index (χ1v) is 11.7. The lowest BCUT2D eigenvalue weighted by Gasteiger charge is -2.13. The Bertz CT molecular complexity index is 1030. The van der Waals surface area contributed by atoms with Crippen LogP contribution < -0.4 is 10.6 Å². The summed E-state index contributed by atoms with van der Waals surface area (Å²) >= 11 is 1.31. The standard InChI is InChI=1S/C22H30N6O2S/c1-4-6-7-10-13-28-19(17-14-24-18-12-9-8-11-16(17)18)26-27-22(28)31-15(3)20(29)25-21(30)23-5-2/h8-9,11-12,14-15,24H,4-7,10,13H2,1-3H3,(H2,23,25,29,30)/t15-/m1/s1. The van der Waals surface area contributed by atoms with Gasteiger partial charge in [-0.25, -0.2) is 4.79 Å². The number of aromatic nitrogens is 4. The van der Waals surface area contributed by atoms with E-state index in [1.54, 1.807) is 13.8 Å². The van der Waals surface area contributed by atoms with Gasteiger partial charge in [0.15, 0.2) is 11.0 Å². The van der Waals surface area contributed by atoms with Crippen LogP contribution >= 0.6 is 11.8 Å². The number of unbranched alkanes of at least 4 members (excludes halogenated alkanes) is 3. The molecular formula is C22H30N6O2S. The Morgan fingerprint density at radius 3 is 2.74 bits per heavy atom. The largest absolute Gasteiger partial charge is 0.360 e. The average molecular weight is 443 g/mol. The Hall–Kier alpha value is -2.81. The first-order valence-electron chi connectivity index (χ1n) is 10.8. The fourth-order valence-corrected chi connectivity index (χ4v) is 4.23. The fraction of sp³-hybridized carbons (Fsp3) is 0.455. The Morgan fingerprint density at radius 2 is 1.97 bits per heavy atom. The molecular weight excluding hydrogens is 412 g/mol. The SMILES string of the molecule is CCCCCCn1c(S[C@H](C)C(=O)NC(=O)NCC)nnc1-c1c[nH]c2ccccc12. The Morgan fingerprint density at radius 1 is 1.16 bits per heavy atom. The van der Waals surface area contributed by atoms with E-state index in [1.165, 1.54) is 18.2 Å². The summed E-state index contributed by atoms with van der Waals surface area (Å²) in [6.45, 7) is 6.98. The number of nitrogens with one attached hydrogen (secondary N) is 3. The average Bonchev–Trinajstić information content (AvgIpc) is 3.35. The van der Waals surface area contributed by atoms with Gasteiger partial charge in [0, 0.05) is 35.8 Å². The molecule has 0 radical (unpaired) electrons. The number of fused-ring (bicyclic) bond motifs is 1. The van der Waals surface area contributed by atoms with Crippen molar-refractivity contribution in [3.63, 3.8) is 0 Å². The van der Waals surface area contributed by atoms with Crippen LogP contribution in [0.4, 0.5) is 4.79 Å². The lowest BCUT2D eigenvalue weighted by molar-refractivity contribution is -0.119. The predicted molar refractivity (Wildman–Crippen MR) is 124 cm³/mol. The maximum absolute atomic E-state index is 12.4. The van der Waals surface area contributed by atoms with Gasteiger partial charge in [0.1, 0.15) is 0 Å². The molecule has 166 valence electrons. The van der Waals surface area contributed by atoms with Gasteiger partial charge in [-0.05, 0) is 26.3 Å². The zero-order valence-electron chi connectivity index (χ0n) is 18.3. The number of H-pyrrole nitrogens is 1. The van der Waals surface area contributed by atoms with E-state index >= 15 is 0 Å². The molecule has 3 aromatic rings. The van der Waals surface area contributed by atoms with Crippen molar-refractivity contribution in [3.8, 4) is 11.4 Å². The molecule has 0 aliphatic rings. The van der Waals surface area contributed by atoms with Gasteiger partial charge >= 0.3 is 6.03 Å². The van der Waals surface area contributed by atoms with Crippen LogP contribution in [0.3, 0.4) is 0 Å². The number of nitrogens with zero attached hydrogens (tertiary/aromatic N) is 3. The second-order valence-electron chi connectivity index (χ2n) is 7.38. The maximum atomic E-state index is 12.4. The van der Waals surface area contributed by atoms with Crippen molar-refractivity contribution in [2.24, 2.45) is 0 Å². The molecule has 9 heteroatoms. The highest BCUT2D eigenvalue weighted by Gasteiger charge is 2.23. The Labute approximate surface area is 186 Å². The molecule has 0 spiro atoms. The Balaban J connectivity index is 1.84. The number of urea groups is 1. The van der Waals surface area contributed by atoms with Crippen LogP contribution in [0.5, 0.6) is 0 Å². The summed E-state index contributed by atoms with van der Waals surface area (Å²) in [4.78, 5) is 27.4. The molecule has 2 heterocycles. The molecule has 0 aliphatic carbocycles. The minimum Gasteiger partial charge on any atom is -0.360 e. The molecule has 0 saturated carbocycles. The summed E-state index contributed by atoms with van der Waals surface area (Å²) in [5, 5.41) is 15.1. The van der Waals surface area contributed by atoms with Gasteiger partial charge in [0.2, 0.25) is 5.91 Å². The van der Waals surface area contributed by atoms with E-state index in [4.69, 9.17) is 0 Å². The third-order valence-electron chi connectivity index (χ3n) is 5.01. The van der Waals surface area contributed by atoms with Gasteiger partial charge in [-0.15, -0.1) is 10.2 Å². The quantitative estimate of drug-likeness (QED) is 0.320. The minimum absolute atomic E-state index is 0.356. The van der Waals surface area contributed by atoms with Gasteiger partial charge in [-0.2, -0.15) is 0 Å². The molecule has 3 rings (SSSR count). The van der Waals surface area contributed by atoms with Gasteiger partial charge in [-0.3, -0.25) is 10.1 Å². The third kappa shape index (κ3) is 5.66. The van der Waals surface area contributed by atoms with Gasteiger partial charge in [-0.1, -0.05) is 56.1 Å². The first kappa shape index (κ1) is 22.9. The highest BCUT2D eigenvalue weighted by molar-refractivity contribution is 8.00. The molecule has 0 bridgehead atoms. The lowest BCUT2D eigenvalue weighted by atomic mass is 10.1. The number of hydrogen-bond donors (Lipinski definition) is 3. The van der Waals surface area contributed by atoms with E-state index in [0.717, 1.165) is 48.1 Å². The van der Waals surface area contributed by atoms with E-state index in [2.05, 4.69) is 43.4 Å². The second kappa shape index (κ2) is 11.0. The van der Waals surface area contributed by atoms with Crippen LogP contribution in [0.1, 0.15) is 46.5 Å². The number of carbonyl (C=O) groups excluding carboxylic acids is 2. The van der Waals surface area contributed by atoms with Gasteiger partial charge in [0.05, 0.1) is 5.25 Å². The monoisotopic (exact) mass is 442 g/mol. The molecule has 8 nitrogen and oxygen atoms in total. The van der Waals surface area contributed by atoms with Crippen molar-refractivity contribution in [2.75, 3.05) is 6.54 Å². The summed E-state index contributed by atoms with van der Waals surface area (Å²) in [5.41, 5.74) is 2.03. The molecule has 3 N–H and O–H groups in total. The second-order valence-corrected chi connectivity index (χ2v) is 8.68. The Kier molecular flexibility index (Phi) is 8.11. The highest BCUT2D eigenvalue weighted by Crippen LogP contribution is 2.31. The number of rotatable bonds is 10. The normalized spacial score (nSPS) is 12.1. The number of amides is 3. The molecule has 2 aromatic heterocycles. The lowest BCUT2D eigenvalue weighted by Crippen LogP contribution is -2.42. The van der Waals surface area contributed by atoms with Crippen LogP contribution in [0.2, 0.25) is 0 Å². The smallest absolute Gasteiger partial charge is 0.321 e. The van der Waals surface area contributed by atoms with Gasteiger partial charge in [0.25, 0.3) is 0 Å². The van der Waals surface area contributed by atoms with E-state index in [-0.39, 0.29) is 5.91 Å². The molecule has 31 heavy (non-hydrogen) atoms. The summed E-state index contributed by atoms with van der Waals surface area (Å²) in [6, 6.07) is 7.61. The maximum Gasteiger partial charge on any atom is 0.321 e. The fourth-order valence-electron chi connectivity index (χ4n) is 3.36. The van der Waals surface area contributed by atoms with E-state index < -0.39 is 11.3 Å². The number of hydrogen-bond acceptors (Lipinski definition) is 5. The number of carbonyl (C=O) groups is 2. The minimum atomic E-state index is -0.489. The van der Waals surface area contributed by atoms with Crippen LogP contribution in [0.15, 0.2) is 35.6 Å².